The van der Waals surface area contributed by atoms with Gasteiger partial charge in [0.05, 0.1) is 12.0 Å². The van der Waals surface area contributed by atoms with Crippen LogP contribution in [-0.4, -0.2) is 43.2 Å². The number of carbonyl (C=O) groups is 4. The summed E-state index contributed by atoms with van der Waals surface area (Å²) >= 11 is 0. The number of benzene rings is 3. The average Bonchev–Trinajstić information content (AvgIpc) is 3.04. The van der Waals surface area contributed by atoms with Gasteiger partial charge < -0.3 is 23.7 Å². The molecule has 1 aliphatic carbocycles. The maximum absolute atomic E-state index is 12.5. The van der Waals surface area contributed by atoms with Crippen LogP contribution in [0.3, 0.4) is 0 Å². The zero-order valence-electron chi connectivity index (χ0n) is 24.3. The van der Waals surface area contributed by atoms with Crippen molar-refractivity contribution in [1.29, 1.82) is 0 Å². The number of rotatable bonds is 13. The Balaban J connectivity index is 1.17. The van der Waals surface area contributed by atoms with E-state index < -0.39 is 23.9 Å². The topological polar surface area (TPSA) is 114 Å². The van der Waals surface area contributed by atoms with E-state index in [9.17, 15) is 19.2 Å². The molecular formula is C35H34O9. The molecule has 0 aromatic heterocycles. The first kappa shape index (κ1) is 31.7. The lowest BCUT2D eigenvalue weighted by Crippen LogP contribution is -2.22. The Morgan fingerprint density at radius 3 is 1.91 bits per heavy atom. The van der Waals surface area contributed by atoms with Crippen LogP contribution in [-0.2, 0) is 23.9 Å². The summed E-state index contributed by atoms with van der Waals surface area (Å²) in [7, 11) is 0. The van der Waals surface area contributed by atoms with Crippen molar-refractivity contribution in [3.05, 3.63) is 103 Å². The second-order valence-corrected chi connectivity index (χ2v) is 10.1. The summed E-state index contributed by atoms with van der Waals surface area (Å²) in [5.74, 6) is -0.981. The smallest absolute Gasteiger partial charge is 0.343 e. The molecular weight excluding hydrogens is 564 g/mol. The minimum absolute atomic E-state index is 0.00433. The van der Waals surface area contributed by atoms with E-state index in [0.717, 1.165) is 49.3 Å². The largest absolute Gasteiger partial charge is 0.490 e. The predicted molar refractivity (Wildman–Crippen MR) is 162 cm³/mol. The molecule has 0 atom stereocenters. The minimum atomic E-state index is -0.650. The minimum Gasteiger partial charge on any atom is -0.490 e. The van der Waals surface area contributed by atoms with Gasteiger partial charge in [0.25, 0.3) is 0 Å². The number of ether oxygens (including phenoxy) is 5. The standard InChI is InChI=1S/C35H34O9/c1-3-32(36)42-30-19-13-27(14-20-30)35(39)44-31-17-11-26(12-18-31)25-9-15-28(16-10-25)40-21-22-41-34(38)24(2)23-33(37)43-29-7-5-4-6-8-29/h3,9-20,29H,1-2,4-8,21-23H2. The number of esters is 4. The monoisotopic (exact) mass is 598 g/mol. The van der Waals surface area contributed by atoms with E-state index in [1.54, 1.807) is 24.3 Å². The SMILES string of the molecule is C=CC(=O)Oc1ccc(C(=O)Oc2ccc(-c3ccc(OCCOC(=O)C(=C)CC(=O)OC4CCCCC4)cc3)cc2)cc1. The molecule has 1 fully saturated rings. The molecule has 0 bridgehead atoms. The third-order valence-electron chi connectivity index (χ3n) is 6.81. The molecule has 3 aromatic rings. The van der Waals surface area contributed by atoms with Gasteiger partial charge in [0.15, 0.2) is 0 Å². The van der Waals surface area contributed by atoms with Gasteiger partial charge in [-0.05, 0) is 85.3 Å². The molecule has 0 aliphatic heterocycles. The summed E-state index contributed by atoms with van der Waals surface area (Å²) in [6.07, 6.45) is 5.77. The normalized spacial score (nSPS) is 12.8. The number of hydrogen-bond acceptors (Lipinski definition) is 9. The molecule has 44 heavy (non-hydrogen) atoms. The first-order valence-corrected chi connectivity index (χ1v) is 14.3. The summed E-state index contributed by atoms with van der Waals surface area (Å²) in [5.41, 5.74) is 2.18. The molecule has 228 valence electrons. The van der Waals surface area contributed by atoms with Crippen LogP contribution in [0.15, 0.2) is 97.6 Å². The van der Waals surface area contributed by atoms with E-state index in [2.05, 4.69) is 13.2 Å². The highest BCUT2D eigenvalue weighted by molar-refractivity contribution is 5.93. The van der Waals surface area contributed by atoms with Crippen LogP contribution < -0.4 is 14.2 Å². The van der Waals surface area contributed by atoms with Gasteiger partial charge in [-0.3, -0.25) is 4.79 Å². The molecule has 0 amide bonds. The van der Waals surface area contributed by atoms with Crippen molar-refractivity contribution in [2.45, 2.75) is 44.6 Å². The first-order chi connectivity index (χ1) is 21.3. The summed E-state index contributed by atoms with van der Waals surface area (Å²) in [4.78, 5) is 48.0. The average molecular weight is 599 g/mol. The lowest BCUT2D eigenvalue weighted by Gasteiger charge is -2.21. The molecule has 0 radical (unpaired) electrons. The van der Waals surface area contributed by atoms with Gasteiger partial charge in [-0.25, -0.2) is 14.4 Å². The number of carbonyl (C=O) groups excluding carboxylic acids is 4. The Morgan fingerprint density at radius 2 is 1.30 bits per heavy atom. The quantitative estimate of drug-likeness (QED) is 0.0953. The van der Waals surface area contributed by atoms with E-state index in [-0.39, 0.29) is 31.3 Å². The van der Waals surface area contributed by atoms with Gasteiger partial charge in [0, 0.05) is 11.6 Å². The summed E-state index contributed by atoms with van der Waals surface area (Å²) in [6.45, 7) is 7.13. The van der Waals surface area contributed by atoms with E-state index >= 15 is 0 Å². The van der Waals surface area contributed by atoms with Crippen LogP contribution in [0.5, 0.6) is 17.2 Å². The molecule has 0 unspecified atom stereocenters. The van der Waals surface area contributed by atoms with Gasteiger partial charge in [0.1, 0.15) is 36.6 Å². The molecule has 0 heterocycles. The molecule has 1 aliphatic rings. The van der Waals surface area contributed by atoms with Crippen molar-refractivity contribution < 1.29 is 42.9 Å². The zero-order valence-corrected chi connectivity index (χ0v) is 24.3. The van der Waals surface area contributed by atoms with Crippen molar-refractivity contribution in [3.63, 3.8) is 0 Å². The first-order valence-electron chi connectivity index (χ1n) is 14.3. The Bertz CT molecular complexity index is 1470. The fraction of sp³-hybridized carbons (Fsp3) is 0.257. The van der Waals surface area contributed by atoms with Gasteiger partial charge in [-0.1, -0.05) is 43.8 Å². The number of hydrogen-bond donors (Lipinski definition) is 0. The lowest BCUT2D eigenvalue weighted by molar-refractivity contribution is -0.151. The van der Waals surface area contributed by atoms with Crippen molar-refractivity contribution in [1.82, 2.24) is 0 Å². The summed E-state index contributed by atoms with van der Waals surface area (Å²) < 4.78 is 26.7. The van der Waals surface area contributed by atoms with Crippen molar-refractivity contribution in [3.8, 4) is 28.4 Å². The van der Waals surface area contributed by atoms with E-state index in [4.69, 9.17) is 23.7 Å². The Hall–Kier alpha value is -5.18. The van der Waals surface area contributed by atoms with Crippen LogP contribution in [0, 0.1) is 0 Å². The maximum Gasteiger partial charge on any atom is 0.343 e. The molecule has 9 heteroatoms. The van der Waals surface area contributed by atoms with Crippen LogP contribution >= 0.6 is 0 Å². The molecule has 0 saturated heterocycles. The van der Waals surface area contributed by atoms with Gasteiger partial charge >= 0.3 is 23.9 Å². The van der Waals surface area contributed by atoms with E-state index in [1.165, 1.54) is 24.3 Å². The second kappa shape index (κ2) is 15.9. The van der Waals surface area contributed by atoms with Crippen molar-refractivity contribution in [2.75, 3.05) is 13.2 Å². The van der Waals surface area contributed by atoms with Crippen LogP contribution in [0.4, 0.5) is 0 Å². The lowest BCUT2D eigenvalue weighted by atomic mass is 9.98. The molecule has 9 nitrogen and oxygen atoms in total. The Kier molecular flexibility index (Phi) is 11.5. The third kappa shape index (κ3) is 9.69. The highest BCUT2D eigenvalue weighted by atomic mass is 16.6. The molecule has 1 saturated carbocycles. The van der Waals surface area contributed by atoms with Gasteiger partial charge in [-0.2, -0.15) is 0 Å². The fourth-order valence-electron chi connectivity index (χ4n) is 4.49. The van der Waals surface area contributed by atoms with E-state index in [0.29, 0.717) is 22.8 Å². The highest BCUT2D eigenvalue weighted by Crippen LogP contribution is 2.26. The van der Waals surface area contributed by atoms with Gasteiger partial charge in [0.2, 0.25) is 0 Å². The Labute approximate surface area is 256 Å². The molecule has 0 spiro atoms. The summed E-state index contributed by atoms with van der Waals surface area (Å²) in [5, 5.41) is 0. The molecule has 4 rings (SSSR count). The highest BCUT2D eigenvalue weighted by Gasteiger charge is 2.20. The van der Waals surface area contributed by atoms with Gasteiger partial charge in [-0.15, -0.1) is 0 Å². The Morgan fingerprint density at radius 1 is 0.727 bits per heavy atom. The van der Waals surface area contributed by atoms with E-state index in [1.807, 2.05) is 24.3 Å². The fourth-order valence-corrected chi connectivity index (χ4v) is 4.49. The van der Waals surface area contributed by atoms with Crippen LogP contribution in [0.1, 0.15) is 48.9 Å². The third-order valence-corrected chi connectivity index (χ3v) is 6.81. The van der Waals surface area contributed by atoms with Crippen LogP contribution in [0.25, 0.3) is 11.1 Å². The predicted octanol–water partition coefficient (Wildman–Crippen LogP) is 6.41. The zero-order chi connectivity index (χ0) is 31.3. The van der Waals surface area contributed by atoms with Crippen molar-refractivity contribution in [2.24, 2.45) is 0 Å². The second-order valence-electron chi connectivity index (χ2n) is 10.1. The molecule has 3 aromatic carbocycles. The van der Waals surface area contributed by atoms with Crippen LogP contribution in [0.2, 0.25) is 0 Å². The maximum atomic E-state index is 12.5. The summed E-state index contributed by atoms with van der Waals surface area (Å²) in [6, 6.07) is 20.4. The molecule has 0 N–H and O–H groups in total. The van der Waals surface area contributed by atoms with Crippen molar-refractivity contribution >= 4 is 23.9 Å².